The first-order valence-corrected chi connectivity index (χ1v) is 9.72. The topological polar surface area (TPSA) is 75.5 Å². The van der Waals surface area contributed by atoms with E-state index in [4.69, 9.17) is 4.98 Å². The second kappa shape index (κ2) is 8.40. The maximum absolute atomic E-state index is 12.2. The fourth-order valence-electron chi connectivity index (χ4n) is 3.33. The summed E-state index contributed by atoms with van der Waals surface area (Å²) in [7, 11) is 0. The number of hydrogen-bond donors (Lipinski definition) is 3. The lowest BCUT2D eigenvalue weighted by Gasteiger charge is -2.30. The Morgan fingerprint density at radius 3 is 2.88 bits per heavy atom. The third-order valence-corrected chi connectivity index (χ3v) is 5.70. The van der Waals surface area contributed by atoms with E-state index in [1.165, 1.54) is 16.0 Å². The Bertz CT molecular complexity index is 713. The second-order valence-corrected chi connectivity index (χ2v) is 7.45. The number of nitrogens with zero attached hydrogens (tertiary/aromatic N) is 1. The van der Waals surface area contributed by atoms with Crippen molar-refractivity contribution in [1.82, 2.24) is 15.6 Å². The largest absolute Gasteiger partial charge is 0.355 e. The van der Waals surface area contributed by atoms with Crippen molar-refractivity contribution in [2.24, 2.45) is 0 Å². The number of carbonyl (C=O) groups excluding carboxylic acids is 2. The molecule has 0 spiro atoms. The number of quaternary nitrogens is 1. The van der Waals surface area contributed by atoms with Gasteiger partial charge in [0.25, 0.3) is 5.91 Å². The van der Waals surface area contributed by atoms with E-state index in [0.29, 0.717) is 13.1 Å². The molecule has 1 unspecified atom stereocenters. The molecule has 3 rings (SSSR count). The molecule has 0 bridgehead atoms. The Kier molecular flexibility index (Phi) is 5.99. The van der Waals surface area contributed by atoms with Gasteiger partial charge in [0.05, 0.1) is 23.3 Å². The minimum Gasteiger partial charge on any atom is -0.355 e. The molecule has 2 aromatic rings. The molecule has 1 aromatic heterocycles. The summed E-state index contributed by atoms with van der Waals surface area (Å²) in [5, 5.41) is 6.53. The third kappa shape index (κ3) is 4.55. The van der Waals surface area contributed by atoms with Crippen LogP contribution in [0.3, 0.4) is 0 Å². The number of likely N-dealkylation sites (N-methyl/N-ethyl adjacent to an activating group) is 1. The van der Waals surface area contributed by atoms with Gasteiger partial charge in [-0.05, 0) is 31.9 Å². The van der Waals surface area contributed by atoms with Gasteiger partial charge in [-0.25, -0.2) is 4.98 Å². The number of thiazole rings is 1. The molecule has 1 aliphatic rings. The van der Waals surface area contributed by atoms with Gasteiger partial charge in [0.1, 0.15) is 6.04 Å². The molecule has 25 heavy (non-hydrogen) atoms. The van der Waals surface area contributed by atoms with Gasteiger partial charge in [0.15, 0.2) is 11.6 Å². The fraction of sp³-hybridized carbons (Fsp3) is 0.500. The molecular formula is C18H25N4O2S+. The van der Waals surface area contributed by atoms with Crippen LogP contribution in [-0.4, -0.2) is 43.0 Å². The lowest BCUT2D eigenvalue weighted by Crippen LogP contribution is -3.14. The van der Waals surface area contributed by atoms with E-state index >= 15 is 0 Å². The number of hydrogen-bond acceptors (Lipinski definition) is 4. The Morgan fingerprint density at radius 1 is 1.24 bits per heavy atom. The lowest BCUT2D eigenvalue weighted by atomic mass is 10.0. The van der Waals surface area contributed by atoms with E-state index < -0.39 is 0 Å². The van der Waals surface area contributed by atoms with E-state index in [2.05, 4.69) is 16.7 Å². The number of piperidine rings is 1. The number of rotatable bonds is 6. The lowest BCUT2D eigenvalue weighted by molar-refractivity contribution is -0.929. The van der Waals surface area contributed by atoms with E-state index in [0.717, 1.165) is 29.9 Å². The molecule has 7 heteroatoms. The predicted octanol–water partition coefficient (Wildman–Crippen LogP) is 0.659. The SMILES string of the molecule is CCNC(=O)CNC(=O)C[NH+]1CCCC[C@H]1c1nc2ccccc2s1. The molecule has 3 N–H and O–H groups in total. The molecule has 1 saturated heterocycles. The normalized spacial score (nSPS) is 20.4. The van der Waals surface area contributed by atoms with Crippen molar-refractivity contribution in [2.75, 3.05) is 26.2 Å². The molecule has 1 aromatic carbocycles. The summed E-state index contributed by atoms with van der Waals surface area (Å²) in [4.78, 5) is 29.8. The Labute approximate surface area is 151 Å². The molecule has 0 radical (unpaired) electrons. The van der Waals surface area contributed by atoms with Crippen LogP contribution in [0.4, 0.5) is 0 Å². The van der Waals surface area contributed by atoms with Crippen molar-refractivity contribution in [1.29, 1.82) is 0 Å². The van der Waals surface area contributed by atoms with Crippen molar-refractivity contribution >= 4 is 33.4 Å². The molecule has 2 atom stereocenters. The predicted molar refractivity (Wildman–Crippen MR) is 98.6 cm³/mol. The van der Waals surface area contributed by atoms with E-state index in [1.54, 1.807) is 11.3 Å². The minimum atomic E-state index is -0.146. The second-order valence-electron chi connectivity index (χ2n) is 6.38. The summed E-state index contributed by atoms with van der Waals surface area (Å²) in [5.74, 6) is -0.221. The van der Waals surface area contributed by atoms with Gasteiger partial charge in [0.2, 0.25) is 5.91 Å². The van der Waals surface area contributed by atoms with Gasteiger partial charge in [0, 0.05) is 13.0 Å². The molecular weight excluding hydrogens is 336 g/mol. The van der Waals surface area contributed by atoms with Crippen molar-refractivity contribution < 1.29 is 14.5 Å². The van der Waals surface area contributed by atoms with Gasteiger partial charge in [-0.2, -0.15) is 0 Å². The molecule has 6 nitrogen and oxygen atoms in total. The van der Waals surface area contributed by atoms with Crippen molar-refractivity contribution in [3.8, 4) is 0 Å². The Morgan fingerprint density at radius 2 is 2.08 bits per heavy atom. The van der Waals surface area contributed by atoms with Crippen LogP contribution < -0.4 is 15.5 Å². The average Bonchev–Trinajstić information content (AvgIpc) is 3.04. The highest BCUT2D eigenvalue weighted by Gasteiger charge is 2.31. The zero-order valence-corrected chi connectivity index (χ0v) is 15.3. The van der Waals surface area contributed by atoms with Gasteiger partial charge < -0.3 is 15.5 Å². The van der Waals surface area contributed by atoms with Crippen molar-refractivity contribution in [2.45, 2.75) is 32.2 Å². The number of benzene rings is 1. The van der Waals surface area contributed by atoms with E-state index in [-0.39, 0.29) is 24.4 Å². The maximum Gasteiger partial charge on any atom is 0.275 e. The van der Waals surface area contributed by atoms with Crippen LogP contribution in [0.15, 0.2) is 24.3 Å². The first-order valence-electron chi connectivity index (χ1n) is 8.91. The van der Waals surface area contributed by atoms with Crippen LogP contribution in [0, 0.1) is 0 Å². The summed E-state index contributed by atoms with van der Waals surface area (Å²) in [6.07, 6.45) is 3.35. The third-order valence-electron chi connectivity index (χ3n) is 4.55. The number of carbonyl (C=O) groups is 2. The van der Waals surface area contributed by atoms with Gasteiger partial charge in [-0.15, -0.1) is 11.3 Å². The number of aromatic nitrogens is 1. The number of para-hydroxylation sites is 1. The first-order chi connectivity index (χ1) is 12.2. The summed E-state index contributed by atoms with van der Waals surface area (Å²) in [6.45, 7) is 3.84. The Balaban J connectivity index is 1.64. The molecule has 1 aliphatic heterocycles. The Hall–Kier alpha value is -1.99. The zero-order valence-electron chi connectivity index (χ0n) is 14.5. The number of amides is 2. The molecule has 0 aliphatic carbocycles. The molecule has 0 saturated carbocycles. The average molecular weight is 361 g/mol. The smallest absolute Gasteiger partial charge is 0.275 e. The monoisotopic (exact) mass is 361 g/mol. The van der Waals surface area contributed by atoms with Gasteiger partial charge in [-0.1, -0.05) is 12.1 Å². The summed E-state index contributed by atoms with van der Waals surface area (Å²) in [5.41, 5.74) is 1.04. The van der Waals surface area contributed by atoms with Crippen LogP contribution in [0.1, 0.15) is 37.2 Å². The molecule has 2 heterocycles. The van der Waals surface area contributed by atoms with Crippen LogP contribution in [0.2, 0.25) is 0 Å². The number of likely N-dealkylation sites (tertiary alicyclic amines) is 1. The van der Waals surface area contributed by atoms with Crippen LogP contribution in [0.5, 0.6) is 0 Å². The highest BCUT2D eigenvalue weighted by molar-refractivity contribution is 7.18. The fourth-order valence-corrected chi connectivity index (χ4v) is 4.50. The van der Waals surface area contributed by atoms with E-state index in [9.17, 15) is 9.59 Å². The van der Waals surface area contributed by atoms with Crippen molar-refractivity contribution in [3.63, 3.8) is 0 Å². The van der Waals surface area contributed by atoms with E-state index in [1.807, 2.05) is 25.1 Å². The highest BCUT2D eigenvalue weighted by atomic mass is 32.1. The summed E-state index contributed by atoms with van der Waals surface area (Å²) >= 11 is 1.73. The van der Waals surface area contributed by atoms with Crippen molar-refractivity contribution in [3.05, 3.63) is 29.3 Å². The number of nitrogens with one attached hydrogen (secondary N) is 3. The van der Waals surface area contributed by atoms with Crippen LogP contribution in [-0.2, 0) is 9.59 Å². The summed E-state index contributed by atoms with van der Waals surface area (Å²) in [6, 6.07) is 8.44. The summed E-state index contributed by atoms with van der Waals surface area (Å²) < 4.78 is 1.20. The highest BCUT2D eigenvalue weighted by Crippen LogP contribution is 2.28. The molecule has 134 valence electrons. The number of fused-ring (bicyclic) bond motifs is 1. The van der Waals surface area contributed by atoms with Gasteiger partial charge in [-0.3, -0.25) is 9.59 Å². The zero-order chi connectivity index (χ0) is 17.6. The van der Waals surface area contributed by atoms with Gasteiger partial charge >= 0.3 is 0 Å². The van der Waals surface area contributed by atoms with Crippen LogP contribution >= 0.6 is 11.3 Å². The quantitative estimate of drug-likeness (QED) is 0.707. The maximum atomic E-state index is 12.2. The molecule has 1 fully saturated rings. The molecule has 2 amide bonds. The minimum absolute atomic E-state index is 0.0474. The standard InChI is InChI=1S/C18H24N4O2S/c1-2-19-16(23)11-20-17(24)12-22-10-6-5-8-14(22)18-21-13-7-3-4-9-15(13)25-18/h3-4,7,9,14H,2,5-6,8,10-12H2,1H3,(H,19,23)(H,20,24)/p+1/t14-/m0/s1. The van der Waals surface area contributed by atoms with Crippen LogP contribution in [0.25, 0.3) is 10.2 Å². The first kappa shape index (κ1) is 17.8.